The van der Waals surface area contributed by atoms with E-state index in [1.54, 1.807) is 34.9 Å². The van der Waals surface area contributed by atoms with Crippen LogP contribution in [0.25, 0.3) is 6.08 Å². The van der Waals surface area contributed by atoms with Gasteiger partial charge in [-0.15, -0.1) is 0 Å². The molecule has 0 aliphatic carbocycles. The first-order valence-corrected chi connectivity index (χ1v) is 10.3. The van der Waals surface area contributed by atoms with Crippen LogP contribution in [0, 0.1) is 0 Å². The predicted molar refractivity (Wildman–Crippen MR) is 115 cm³/mol. The lowest BCUT2D eigenvalue weighted by molar-refractivity contribution is -0.136. The van der Waals surface area contributed by atoms with E-state index in [-0.39, 0.29) is 11.3 Å². The third-order valence-electron chi connectivity index (χ3n) is 4.96. The van der Waals surface area contributed by atoms with Crippen molar-refractivity contribution in [2.75, 3.05) is 7.11 Å². The molecule has 1 N–H and O–H groups in total. The first-order valence-electron chi connectivity index (χ1n) is 9.50. The zero-order valence-corrected chi connectivity index (χ0v) is 17.3. The summed E-state index contributed by atoms with van der Waals surface area (Å²) in [5.41, 5.74) is 2.38. The summed E-state index contributed by atoms with van der Waals surface area (Å²) in [6.07, 6.45) is 2.30. The second-order valence-corrected chi connectivity index (χ2v) is 7.80. The molecule has 30 heavy (non-hydrogen) atoms. The van der Waals surface area contributed by atoms with Crippen molar-refractivity contribution in [2.24, 2.45) is 4.99 Å². The molecule has 0 saturated heterocycles. The lowest BCUT2D eigenvalue weighted by Gasteiger charge is -2.25. The summed E-state index contributed by atoms with van der Waals surface area (Å²) in [4.78, 5) is 31.2. The Kier molecular flexibility index (Phi) is 5.37. The minimum Gasteiger partial charge on any atom is -0.508 e. The van der Waals surface area contributed by atoms with Gasteiger partial charge in [-0.2, -0.15) is 0 Å². The molecule has 0 saturated carbocycles. The largest absolute Gasteiger partial charge is 0.508 e. The minimum absolute atomic E-state index is 0.160. The van der Waals surface area contributed by atoms with Gasteiger partial charge in [0.15, 0.2) is 4.80 Å². The molecular formula is C23H20N2O4S. The number of carbonyl (C=O) groups is 1. The number of carbonyl (C=O) groups excluding carboxylic acids is 1. The molecule has 1 aliphatic rings. The fourth-order valence-corrected chi connectivity index (χ4v) is 4.56. The number of benzene rings is 2. The van der Waals surface area contributed by atoms with Gasteiger partial charge in [0.1, 0.15) is 5.75 Å². The van der Waals surface area contributed by atoms with Crippen molar-refractivity contribution in [3.05, 3.63) is 96.7 Å². The van der Waals surface area contributed by atoms with Crippen LogP contribution in [0.1, 0.15) is 30.5 Å². The molecule has 2 aromatic carbocycles. The van der Waals surface area contributed by atoms with Gasteiger partial charge in [-0.25, -0.2) is 9.79 Å². The molecule has 1 aromatic heterocycles. The molecule has 1 atom stereocenters. The lowest BCUT2D eigenvalue weighted by atomic mass is 9.95. The van der Waals surface area contributed by atoms with E-state index in [0.717, 1.165) is 11.1 Å². The molecule has 0 spiro atoms. The molecular weight excluding hydrogens is 400 g/mol. The van der Waals surface area contributed by atoms with E-state index in [1.165, 1.54) is 18.4 Å². The molecule has 0 bridgehead atoms. The first-order chi connectivity index (χ1) is 14.5. The molecule has 0 unspecified atom stereocenters. The van der Waals surface area contributed by atoms with Crippen LogP contribution >= 0.6 is 11.3 Å². The third-order valence-corrected chi connectivity index (χ3v) is 5.94. The summed E-state index contributed by atoms with van der Waals surface area (Å²) in [6, 6.07) is 15.4. The standard InChI is InChI=1S/C23H20N2O4S/c1-3-17-19(22(28)29-2)20(15-7-5-4-6-8-15)25-21(27)18(30-23(25)24-17)13-14-9-11-16(26)12-10-14/h4-13,20,26H,3H2,1-2H3/b18-13-/t20-/m0/s1. The summed E-state index contributed by atoms with van der Waals surface area (Å²) in [5.74, 6) is -0.328. The molecule has 2 heterocycles. The van der Waals surface area contributed by atoms with E-state index in [2.05, 4.69) is 4.99 Å². The first kappa shape index (κ1) is 19.8. The van der Waals surface area contributed by atoms with Crippen molar-refractivity contribution in [1.82, 2.24) is 4.57 Å². The number of phenols is 1. The predicted octanol–water partition coefficient (Wildman–Crippen LogP) is 2.50. The van der Waals surface area contributed by atoms with E-state index < -0.39 is 12.0 Å². The fraction of sp³-hybridized carbons (Fsp3) is 0.174. The maximum Gasteiger partial charge on any atom is 0.338 e. The summed E-state index contributed by atoms with van der Waals surface area (Å²) in [5, 5.41) is 9.49. The maximum absolute atomic E-state index is 13.4. The Hall–Kier alpha value is -3.45. The summed E-state index contributed by atoms with van der Waals surface area (Å²) < 4.78 is 7.11. The van der Waals surface area contributed by atoms with Crippen molar-refractivity contribution in [1.29, 1.82) is 0 Å². The summed E-state index contributed by atoms with van der Waals surface area (Å²) in [7, 11) is 1.33. The number of rotatable bonds is 4. The fourth-order valence-electron chi connectivity index (χ4n) is 3.54. The molecule has 0 radical (unpaired) electrons. The third kappa shape index (κ3) is 3.48. The molecule has 1 aliphatic heterocycles. The number of aromatic hydroxyl groups is 1. The van der Waals surface area contributed by atoms with Gasteiger partial charge >= 0.3 is 5.97 Å². The van der Waals surface area contributed by atoms with Crippen molar-refractivity contribution in [3.8, 4) is 5.75 Å². The monoisotopic (exact) mass is 420 g/mol. The SMILES string of the molecule is CCC1=C(C(=O)OC)[C@H](c2ccccc2)n2c(s/c(=C\c3ccc(O)cc3)c2=O)=N1. The van der Waals surface area contributed by atoms with Crippen LogP contribution in [0.5, 0.6) is 5.75 Å². The number of methoxy groups -OCH3 is 1. The van der Waals surface area contributed by atoms with Crippen LogP contribution in [-0.2, 0) is 9.53 Å². The minimum atomic E-state index is -0.605. The van der Waals surface area contributed by atoms with Crippen LogP contribution < -0.4 is 14.9 Å². The van der Waals surface area contributed by atoms with Gasteiger partial charge in [-0.1, -0.05) is 60.7 Å². The number of fused-ring (bicyclic) bond motifs is 1. The van der Waals surface area contributed by atoms with Gasteiger partial charge in [-0.3, -0.25) is 9.36 Å². The Morgan fingerprint density at radius 3 is 2.53 bits per heavy atom. The molecule has 152 valence electrons. The van der Waals surface area contributed by atoms with Crippen LogP contribution in [0.2, 0.25) is 0 Å². The number of phenolic OH excluding ortho intramolecular Hbond substituents is 1. The number of esters is 1. The normalized spacial score (nSPS) is 16.2. The summed E-state index contributed by atoms with van der Waals surface area (Å²) >= 11 is 1.28. The second kappa shape index (κ2) is 8.12. The van der Waals surface area contributed by atoms with Gasteiger partial charge in [-0.05, 0) is 35.8 Å². The van der Waals surface area contributed by atoms with Gasteiger partial charge in [0.25, 0.3) is 5.56 Å². The number of thiazole rings is 1. The number of nitrogens with zero attached hydrogens (tertiary/aromatic N) is 2. The molecule has 7 heteroatoms. The Morgan fingerprint density at radius 2 is 1.90 bits per heavy atom. The smallest absolute Gasteiger partial charge is 0.338 e. The average Bonchev–Trinajstić information content (AvgIpc) is 3.08. The van der Waals surface area contributed by atoms with Gasteiger partial charge in [0, 0.05) is 0 Å². The molecule has 0 fully saturated rings. The van der Waals surface area contributed by atoms with E-state index >= 15 is 0 Å². The van der Waals surface area contributed by atoms with E-state index in [1.807, 2.05) is 37.3 Å². The number of hydrogen-bond acceptors (Lipinski definition) is 6. The highest BCUT2D eigenvalue weighted by atomic mass is 32.1. The number of allylic oxidation sites excluding steroid dienone is 1. The highest BCUT2D eigenvalue weighted by Crippen LogP contribution is 2.31. The lowest BCUT2D eigenvalue weighted by Crippen LogP contribution is -2.40. The molecule has 3 aromatic rings. The van der Waals surface area contributed by atoms with Gasteiger partial charge < -0.3 is 9.84 Å². The van der Waals surface area contributed by atoms with Crippen molar-refractivity contribution in [3.63, 3.8) is 0 Å². The number of hydrogen-bond donors (Lipinski definition) is 1. The van der Waals surface area contributed by atoms with E-state index in [9.17, 15) is 14.7 Å². The molecule has 0 amide bonds. The van der Waals surface area contributed by atoms with Crippen LogP contribution in [0.15, 0.2) is 75.7 Å². The Bertz CT molecular complexity index is 1300. The van der Waals surface area contributed by atoms with Crippen molar-refractivity contribution >= 4 is 23.4 Å². The van der Waals surface area contributed by atoms with E-state index in [4.69, 9.17) is 4.74 Å². The highest BCUT2D eigenvalue weighted by Gasteiger charge is 2.33. The highest BCUT2D eigenvalue weighted by molar-refractivity contribution is 7.07. The molecule has 6 nitrogen and oxygen atoms in total. The Balaban J connectivity index is 1.99. The topological polar surface area (TPSA) is 80.9 Å². The van der Waals surface area contributed by atoms with Gasteiger partial charge in [0.2, 0.25) is 0 Å². The zero-order chi connectivity index (χ0) is 21.3. The van der Waals surface area contributed by atoms with Crippen LogP contribution in [-0.4, -0.2) is 22.8 Å². The van der Waals surface area contributed by atoms with Crippen LogP contribution in [0.4, 0.5) is 0 Å². The zero-order valence-electron chi connectivity index (χ0n) is 16.5. The molecule has 4 rings (SSSR count). The van der Waals surface area contributed by atoms with E-state index in [0.29, 0.717) is 27.0 Å². The van der Waals surface area contributed by atoms with Crippen molar-refractivity contribution in [2.45, 2.75) is 19.4 Å². The van der Waals surface area contributed by atoms with Crippen LogP contribution in [0.3, 0.4) is 0 Å². The van der Waals surface area contributed by atoms with Crippen molar-refractivity contribution < 1.29 is 14.6 Å². The van der Waals surface area contributed by atoms with Gasteiger partial charge in [0.05, 0.1) is 29.0 Å². The Labute approximate surface area is 176 Å². The number of aromatic nitrogens is 1. The average molecular weight is 420 g/mol. The number of ether oxygens (including phenoxy) is 1. The maximum atomic E-state index is 13.4. The Morgan fingerprint density at radius 1 is 1.20 bits per heavy atom. The summed E-state index contributed by atoms with van der Waals surface area (Å²) in [6.45, 7) is 1.93. The second-order valence-electron chi connectivity index (χ2n) is 6.79. The quantitative estimate of drug-likeness (QED) is 0.658.